The van der Waals surface area contributed by atoms with E-state index in [9.17, 15) is 30.0 Å². The van der Waals surface area contributed by atoms with Gasteiger partial charge >= 0.3 is 11.9 Å². The van der Waals surface area contributed by atoms with Gasteiger partial charge in [0.15, 0.2) is 0 Å². The van der Waals surface area contributed by atoms with Gasteiger partial charge in [0.2, 0.25) is 0 Å². The SMILES string of the molecule is C=C1CCC2(O)C3CC4=CC=C(OC(=O)c5cc6ccccc6c(Cc6c(O)c(C(=O)O)cc7ccccc67)c5O)C5OC1C2(CCN3CC1CC1)C45. The number of phenols is 2. The Hall–Kier alpha value is -4.96. The molecular weight excluding hydrogens is 670 g/mol. The van der Waals surface area contributed by atoms with Gasteiger partial charge in [-0.05, 0) is 96.3 Å². The minimum absolute atomic E-state index is 0.00974. The van der Waals surface area contributed by atoms with E-state index < -0.39 is 34.8 Å². The zero-order valence-corrected chi connectivity index (χ0v) is 29.3. The van der Waals surface area contributed by atoms with Crippen LogP contribution < -0.4 is 0 Å². The number of hydrogen-bond acceptors (Lipinski definition) is 8. The summed E-state index contributed by atoms with van der Waals surface area (Å²) < 4.78 is 13.1. The number of benzene rings is 4. The molecular formula is C44H41NO8. The van der Waals surface area contributed by atoms with Gasteiger partial charge in [0.25, 0.3) is 0 Å². The number of hydrogen-bond donors (Lipinski definition) is 4. The molecule has 4 N–H and O–H groups in total. The molecule has 10 rings (SSSR count). The number of carbonyl (C=O) groups excluding carboxylic acids is 1. The van der Waals surface area contributed by atoms with E-state index in [2.05, 4.69) is 17.6 Å². The molecule has 2 heterocycles. The van der Waals surface area contributed by atoms with E-state index in [-0.39, 0.29) is 41.4 Å². The number of likely N-dealkylation sites (tertiary alicyclic amines) is 1. The molecule has 270 valence electrons. The van der Waals surface area contributed by atoms with E-state index >= 15 is 0 Å². The number of carboxylic acids is 1. The Labute approximate surface area is 306 Å². The first-order valence-electron chi connectivity index (χ1n) is 18.7. The lowest BCUT2D eigenvalue weighted by atomic mass is 9.44. The summed E-state index contributed by atoms with van der Waals surface area (Å²) in [6.07, 6.45) is 8.21. The fourth-order valence-electron chi connectivity index (χ4n) is 10.9. The second-order valence-electron chi connectivity index (χ2n) is 16.1. The third-order valence-corrected chi connectivity index (χ3v) is 13.4. The van der Waals surface area contributed by atoms with Crippen LogP contribution in [0.25, 0.3) is 21.5 Å². The van der Waals surface area contributed by atoms with Crippen molar-refractivity contribution in [1.82, 2.24) is 4.90 Å². The zero-order chi connectivity index (χ0) is 36.4. The van der Waals surface area contributed by atoms with E-state index in [4.69, 9.17) is 9.47 Å². The number of rotatable bonds is 7. The lowest BCUT2D eigenvalue weighted by Gasteiger charge is -2.66. The second kappa shape index (κ2) is 11.5. The van der Waals surface area contributed by atoms with Crippen LogP contribution in [0.4, 0.5) is 0 Å². The van der Waals surface area contributed by atoms with Crippen LogP contribution >= 0.6 is 0 Å². The predicted octanol–water partition coefficient (Wildman–Crippen LogP) is 7.01. The van der Waals surface area contributed by atoms with Crippen molar-refractivity contribution < 1.29 is 39.5 Å². The Balaban J connectivity index is 1.03. The van der Waals surface area contributed by atoms with Gasteiger partial charge in [-0.3, -0.25) is 4.90 Å². The van der Waals surface area contributed by atoms with E-state index in [1.54, 1.807) is 30.3 Å². The summed E-state index contributed by atoms with van der Waals surface area (Å²) >= 11 is 0. The predicted molar refractivity (Wildman–Crippen MR) is 198 cm³/mol. The van der Waals surface area contributed by atoms with Crippen LogP contribution in [-0.4, -0.2) is 74.2 Å². The highest BCUT2D eigenvalue weighted by atomic mass is 16.6. The monoisotopic (exact) mass is 711 g/mol. The fraction of sp³-hybridized carbons (Fsp3) is 0.364. The van der Waals surface area contributed by atoms with Gasteiger partial charge < -0.3 is 29.9 Å². The molecule has 4 aliphatic carbocycles. The highest BCUT2D eigenvalue weighted by Gasteiger charge is 2.75. The molecule has 9 nitrogen and oxygen atoms in total. The maximum atomic E-state index is 14.3. The van der Waals surface area contributed by atoms with Crippen LogP contribution in [0.2, 0.25) is 0 Å². The van der Waals surface area contributed by atoms with E-state index in [0.29, 0.717) is 57.2 Å². The van der Waals surface area contributed by atoms with Gasteiger partial charge in [0, 0.05) is 41.5 Å². The van der Waals surface area contributed by atoms with Gasteiger partial charge in [0.05, 0.1) is 11.7 Å². The lowest BCUT2D eigenvalue weighted by Crippen LogP contribution is -2.75. The first kappa shape index (κ1) is 32.7. The van der Waals surface area contributed by atoms with Crippen molar-refractivity contribution in [2.24, 2.45) is 17.3 Å². The minimum Gasteiger partial charge on any atom is -0.507 e. The second-order valence-corrected chi connectivity index (χ2v) is 16.1. The molecule has 2 aliphatic heterocycles. The van der Waals surface area contributed by atoms with E-state index in [0.717, 1.165) is 31.5 Å². The van der Waals surface area contributed by atoms with E-state index in [1.807, 2.05) is 30.3 Å². The van der Waals surface area contributed by atoms with Gasteiger partial charge in [-0.15, -0.1) is 0 Å². The molecule has 2 bridgehead atoms. The van der Waals surface area contributed by atoms with Crippen LogP contribution in [0.1, 0.15) is 70.4 Å². The van der Waals surface area contributed by atoms with Crippen LogP contribution in [-0.2, 0) is 15.9 Å². The van der Waals surface area contributed by atoms with Crippen LogP contribution in [0.15, 0.2) is 96.3 Å². The fourth-order valence-corrected chi connectivity index (χ4v) is 10.9. The Morgan fingerprint density at radius 1 is 0.925 bits per heavy atom. The summed E-state index contributed by atoms with van der Waals surface area (Å²) in [5, 5.41) is 48.4. The number of nitrogens with zero attached hydrogens (tertiary/aromatic N) is 1. The normalized spacial score (nSPS) is 30.2. The molecule has 6 atom stereocenters. The average Bonchev–Trinajstić information content (AvgIpc) is 3.90. The van der Waals surface area contributed by atoms with Crippen molar-refractivity contribution in [3.05, 3.63) is 119 Å². The quantitative estimate of drug-likeness (QED) is 0.118. The van der Waals surface area contributed by atoms with Crippen LogP contribution in [0, 0.1) is 17.3 Å². The van der Waals surface area contributed by atoms with Crippen LogP contribution in [0.3, 0.4) is 0 Å². The van der Waals surface area contributed by atoms with Gasteiger partial charge in [-0.25, -0.2) is 9.59 Å². The molecule has 0 radical (unpaired) electrons. The molecule has 4 aromatic carbocycles. The standard InChI is InChI=1S/C44H41NO8/c1-23-14-15-44(51)35-20-27-12-13-34(39-36(27)43(44,40(23)53-39)16-17-45(35)22-24-10-11-24)52-42(50)33-19-26-7-3-5-9-29(26)31(38(33)47)21-30-28-8-4-2-6-25(28)18-32(37(30)46)41(48)49/h2-9,12-13,18-19,24,35-36,39-40,46-47,51H,1,10-11,14-17,20-22H2,(H,48,49). The summed E-state index contributed by atoms with van der Waals surface area (Å²) in [6.45, 7) is 6.34. The van der Waals surface area contributed by atoms with Gasteiger partial charge in [-0.1, -0.05) is 66.8 Å². The highest BCUT2D eigenvalue weighted by Crippen LogP contribution is 2.69. The summed E-state index contributed by atoms with van der Waals surface area (Å²) in [7, 11) is 0. The maximum Gasteiger partial charge on any atom is 0.347 e. The van der Waals surface area contributed by atoms with Crippen molar-refractivity contribution in [3.8, 4) is 11.5 Å². The first-order chi connectivity index (χ1) is 25.6. The number of aliphatic hydroxyl groups is 1. The summed E-state index contributed by atoms with van der Waals surface area (Å²) in [6, 6.07) is 17.5. The molecule has 6 aliphatic rings. The van der Waals surface area contributed by atoms with Crippen LogP contribution in [0.5, 0.6) is 11.5 Å². The number of carbonyl (C=O) groups is 2. The first-order valence-corrected chi connectivity index (χ1v) is 18.7. The number of piperidine rings is 1. The Kier molecular flexibility index (Phi) is 7.10. The number of ether oxygens (including phenoxy) is 2. The third kappa shape index (κ3) is 4.60. The Bertz CT molecular complexity index is 2360. The van der Waals surface area contributed by atoms with Crippen molar-refractivity contribution >= 4 is 33.5 Å². The smallest absolute Gasteiger partial charge is 0.347 e. The molecule has 0 amide bonds. The van der Waals surface area contributed by atoms with Gasteiger partial charge in [-0.2, -0.15) is 0 Å². The molecule has 53 heavy (non-hydrogen) atoms. The molecule has 4 aromatic rings. The molecule has 3 saturated carbocycles. The minimum atomic E-state index is -1.27. The molecule has 6 unspecified atom stereocenters. The number of allylic oxidation sites excluding steroid dienone is 2. The van der Waals surface area contributed by atoms with Crippen molar-refractivity contribution in [1.29, 1.82) is 0 Å². The lowest BCUT2D eigenvalue weighted by molar-refractivity contribution is -0.222. The summed E-state index contributed by atoms with van der Waals surface area (Å²) in [5.74, 6) is -1.84. The topological polar surface area (TPSA) is 137 Å². The Morgan fingerprint density at radius 3 is 2.26 bits per heavy atom. The zero-order valence-electron chi connectivity index (χ0n) is 29.3. The summed E-state index contributed by atoms with van der Waals surface area (Å²) in [5.41, 5.74) is 1.06. The number of fused-ring (bicyclic) bond motifs is 2. The van der Waals surface area contributed by atoms with Crippen molar-refractivity contribution in [2.75, 3.05) is 13.1 Å². The summed E-state index contributed by atoms with van der Waals surface area (Å²) in [4.78, 5) is 28.9. The average molecular weight is 712 g/mol. The maximum absolute atomic E-state index is 14.3. The molecule has 9 heteroatoms. The third-order valence-electron chi connectivity index (χ3n) is 13.4. The number of phenolic OH excluding ortho intramolecular Hbond substituents is 1. The van der Waals surface area contributed by atoms with Crippen molar-refractivity contribution in [3.63, 3.8) is 0 Å². The van der Waals surface area contributed by atoms with E-state index in [1.165, 1.54) is 24.5 Å². The Morgan fingerprint density at radius 2 is 1.58 bits per heavy atom. The largest absolute Gasteiger partial charge is 0.507 e. The molecule has 5 fully saturated rings. The molecule has 2 saturated heterocycles. The highest BCUT2D eigenvalue weighted by molar-refractivity contribution is 6.03. The number of carboxylic acid groups (broad SMARTS) is 1. The molecule has 1 spiro atoms. The van der Waals surface area contributed by atoms with Crippen molar-refractivity contribution in [2.45, 2.75) is 68.8 Å². The number of aromatic hydroxyl groups is 2. The molecule has 0 aromatic heterocycles. The van der Waals surface area contributed by atoms with Gasteiger partial charge in [0.1, 0.15) is 34.5 Å². The number of aromatic carboxylic acids is 1. The number of esters is 1.